The summed E-state index contributed by atoms with van der Waals surface area (Å²) in [6, 6.07) is 7.34. The van der Waals surface area contributed by atoms with E-state index < -0.39 is 6.10 Å². The van der Waals surface area contributed by atoms with Crippen LogP contribution in [0.2, 0.25) is 0 Å². The fraction of sp³-hybridized carbons (Fsp3) is 0.333. The molecular formula is C9H14NO2+. The Morgan fingerprint density at radius 1 is 1.42 bits per heavy atom. The standard InChI is InChI=1S/C9H13NO2/c1-12-8-4-2-7(3-5-8)9(11)6-10/h2-5,9,11H,6,10H2,1H3/p+1/t9-/m0/s1. The predicted molar refractivity (Wildman–Crippen MR) is 45.7 cm³/mol. The van der Waals surface area contributed by atoms with Crippen LogP contribution in [0.3, 0.4) is 0 Å². The molecule has 3 heteroatoms. The second-order valence-corrected chi connectivity index (χ2v) is 2.58. The Morgan fingerprint density at radius 2 is 2.00 bits per heavy atom. The minimum Gasteiger partial charge on any atom is -0.497 e. The molecule has 0 aliphatic heterocycles. The van der Waals surface area contributed by atoms with Crippen molar-refractivity contribution in [3.8, 4) is 5.75 Å². The van der Waals surface area contributed by atoms with Gasteiger partial charge < -0.3 is 15.6 Å². The van der Waals surface area contributed by atoms with E-state index >= 15 is 0 Å². The second-order valence-electron chi connectivity index (χ2n) is 2.58. The summed E-state index contributed by atoms with van der Waals surface area (Å²) in [5.41, 5.74) is 4.50. The van der Waals surface area contributed by atoms with Crippen LogP contribution in [-0.4, -0.2) is 18.8 Å². The number of quaternary nitrogens is 1. The van der Waals surface area contributed by atoms with Crippen LogP contribution in [0.5, 0.6) is 5.75 Å². The van der Waals surface area contributed by atoms with E-state index in [0.29, 0.717) is 6.54 Å². The molecule has 0 saturated carbocycles. The van der Waals surface area contributed by atoms with Crippen molar-refractivity contribution in [1.82, 2.24) is 0 Å². The van der Waals surface area contributed by atoms with E-state index in [1.807, 2.05) is 24.3 Å². The highest BCUT2D eigenvalue weighted by molar-refractivity contribution is 5.28. The van der Waals surface area contributed by atoms with Gasteiger partial charge in [-0.15, -0.1) is 0 Å². The Labute approximate surface area is 71.8 Å². The molecule has 0 heterocycles. The normalized spacial score (nSPS) is 12.6. The van der Waals surface area contributed by atoms with Crippen LogP contribution < -0.4 is 10.5 Å². The zero-order chi connectivity index (χ0) is 8.97. The molecule has 3 nitrogen and oxygen atoms in total. The second kappa shape index (κ2) is 4.09. The fourth-order valence-corrected chi connectivity index (χ4v) is 0.993. The average molecular weight is 168 g/mol. The molecule has 0 bridgehead atoms. The largest absolute Gasteiger partial charge is 0.497 e. The van der Waals surface area contributed by atoms with Gasteiger partial charge in [0.05, 0.1) is 7.11 Å². The number of aliphatic hydroxyl groups is 1. The number of methoxy groups -OCH3 is 1. The van der Waals surface area contributed by atoms with Crippen molar-refractivity contribution >= 4 is 0 Å². The third-order valence-electron chi connectivity index (χ3n) is 1.77. The van der Waals surface area contributed by atoms with Gasteiger partial charge in [-0.1, -0.05) is 12.1 Å². The van der Waals surface area contributed by atoms with Crippen molar-refractivity contribution in [2.75, 3.05) is 13.7 Å². The summed E-state index contributed by atoms with van der Waals surface area (Å²) in [4.78, 5) is 0. The molecule has 1 rings (SSSR count). The quantitative estimate of drug-likeness (QED) is 0.666. The van der Waals surface area contributed by atoms with Gasteiger partial charge in [0.2, 0.25) is 0 Å². The third-order valence-corrected chi connectivity index (χ3v) is 1.77. The molecule has 1 atom stereocenters. The van der Waals surface area contributed by atoms with Gasteiger partial charge in [-0.3, -0.25) is 0 Å². The van der Waals surface area contributed by atoms with Crippen LogP contribution >= 0.6 is 0 Å². The van der Waals surface area contributed by atoms with Crippen LogP contribution in [0.25, 0.3) is 0 Å². The van der Waals surface area contributed by atoms with Gasteiger partial charge in [-0.25, -0.2) is 0 Å². The van der Waals surface area contributed by atoms with Crippen molar-refractivity contribution in [3.63, 3.8) is 0 Å². The van der Waals surface area contributed by atoms with Crippen molar-refractivity contribution in [3.05, 3.63) is 29.8 Å². The molecule has 0 saturated heterocycles. The number of aliphatic hydroxyl groups excluding tert-OH is 1. The minimum absolute atomic E-state index is 0.462. The zero-order valence-electron chi connectivity index (χ0n) is 7.16. The number of ether oxygens (including phenoxy) is 1. The summed E-state index contributed by atoms with van der Waals surface area (Å²) < 4.78 is 4.99. The lowest BCUT2D eigenvalue weighted by molar-refractivity contribution is -0.385. The molecular weight excluding hydrogens is 154 g/mol. The van der Waals surface area contributed by atoms with Crippen molar-refractivity contribution in [1.29, 1.82) is 0 Å². The number of hydrogen-bond donors (Lipinski definition) is 2. The summed E-state index contributed by atoms with van der Waals surface area (Å²) >= 11 is 0. The number of rotatable bonds is 3. The first kappa shape index (κ1) is 9.03. The van der Waals surface area contributed by atoms with Crippen molar-refractivity contribution in [2.24, 2.45) is 0 Å². The predicted octanol–water partition coefficient (Wildman–Crippen LogP) is -0.0295. The monoisotopic (exact) mass is 168 g/mol. The summed E-state index contributed by atoms with van der Waals surface area (Å²) in [7, 11) is 1.62. The lowest BCUT2D eigenvalue weighted by Crippen LogP contribution is -2.52. The molecule has 0 radical (unpaired) electrons. The third kappa shape index (κ3) is 1.96. The van der Waals surface area contributed by atoms with Gasteiger partial charge in [0.25, 0.3) is 0 Å². The van der Waals surface area contributed by atoms with E-state index in [4.69, 9.17) is 4.74 Å². The molecule has 0 aliphatic rings. The van der Waals surface area contributed by atoms with Gasteiger partial charge in [0, 0.05) is 0 Å². The summed E-state index contributed by atoms with van der Waals surface area (Å²) in [5.74, 6) is 0.801. The maximum atomic E-state index is 9.39. The molecule has 1 aromatic rings. The molecule has 1 aromatic carbocycles. The Kier molecular flexibility index (Phi) is 3.08. The average Bonchev–Trinajstić information content (AvgIpc) is 2.17. The van der Waals surface area contributed by atoms with Crippen LogP contribution in [0.15, 0.2) is 24.3 Å². The lowest BCUT2D eigenvalue weighted by atomic mass is 10.1. The molecule has 4 N–H and O–H groups in total. The Hall–Kier alpha value is -1.06. The lowest BCUT2D eigenvalue weighted by Gasteiger charge is -2.06. The van der Waals surface area contributed by atoms with E-state index in [-0.39, 0.29) is 0 Å². The summed E-state index contributed by atoms with van der Waals surface area (Å²) in [6.45, 7) is 0.492. The van der Waals surface area contributed by atoms with Gasteiger partial charge in [0.15, 0.2) is 0 Å². The first-order valence-corrected chi connectivity index (χ1v) is 3.89. The van der Waals surface area contributed by atoms with Crippen molar-refractivity contribution in [2.45, 2.75) is 6.10 Å². The van der Waals surface area contributed by atoms with E-state index in [0.717, 1.165) is 11.3 Å². The number of benzene rings is 1. The van der Waals surface area contributed by atoms with Crippen LogP contribution in [0, 0.1) is 0 Å². The zero-order valence-corrected chi connectivity index (χ0v) is 7.16. The molecule has 0 aromatic heterocycles. The topological polar surface area (TPSA) is 57.1 Å². The maximum Gasteiger partial charge on any atom is 0.128 e. The molecule has 0 amide bonds. The molecule has 0 spiro atoms. The Bertz CT molecular complexity index is 233. The maximum absolute atomic E-state index is 9.39. The number of hydrogen-bond acceptors (Lipinski definition) is 2. The van der Waals surface area contributed by atoms with Gasteiger partial charge in [-0.2, -0.15) is 0 Å². The first-order chi connectivity index (χ1) is 5.77. The molecule has 12 heavy (non-hydrogen) atoms. The molecule has 0 unspecified atom stereocenters. The highest BCUT2D eigenvalue weighted by atomic mass is 16.5. The van der Waals surface area contributed by atoms with Gasteiger partial charge in [0.1, 0.15) is 18.4 Å². The first-order valence-electron chi connectivity index (χ1n) is 3.89. The van der Waals surface area contributed by atoms with E-state index in [1.54, 1.807) is 7.11 Å². The van der Waals surface area contributed by atoms with Crippen LogP contribution in [0.4, 0.5) is 0 Å². The molecule has 0 fully saturated rings. The Balaban J connectivity index is 2.77. The van der Waals surface area contributed by atoms with E-state index in [9.17, 15) is 5.11 Å². The van der Waals surface area contributed by atoms with Gasteiger partial charge >= 0.3 is 0 Å². The van der Waals surface area contributed by atoms with E-state index in [1.165, 1.54) is 0 Å². The minimum atomic E-state index is -0.462. The summed E-state index contributed by atoms with van der Waals surface area (Å²) in [5, 5.41) is 9.39. The van der Waals surface area contributed by atoms with Gasteiger partial charge in [-0.05, 0) is 17.7 Å². The molecule has 66 valence electrons. The fourth-order valence-electron chi connectivity index (χ4n) is 0.993. The van der Waals surface area contributed by atoms with Crippen molar-refractivity contribution < 1.29 is 15.6 Å². The van der Waals surface area contributed by atoms with Crippen LogP contribution in [0.1, 0.15) is 11.7 Å². The molecule has 0 aliphatic carbocycles. The SMILES string of the molecule is COc1ccc([C@@H](O)C[NH3+])cc1. The van der Waals surface area contributed by atoms with E-state index in [2.05, 4.69) is 5.73 Å². The Morgan fingerprint density at radius 3 is 2.42 bits per heavy atom. The summed E-state index contributed by atoms with van der Waals surface area (Å²) in [6.07, 6.45) is -0.462. The van der Waals surface area contributed by atoms with Crippen LogP contribution in [-0.2, 0) is 0 Å². The highest BCUT2D eigenvalue weighted by Crippen LogP contribution is 2.15. The highest BCUT2D eigenvalue weighted by Gasteiger charge is 2.05. The smallest absolute Gasteiger partial charge is 0.128 e.